The Labute approximate surface area is 153 Å². The van der Waals surface area contributed by atoms with E-state index in [9.17, 15) is 4.79 Å². The molecular formula is C21H23N3O2. The van der Waals surface area contributed by atoms with E-state index >= 15 is 0 Å². The molecule has 0 aliphatic carbocycles. The van der Waals surface area contributed by atoms with Gasteiger partial charge in [-0.1, -0.05) is 18.2 Å². The highest BCUT2D eigenvalue weighted by Crippen LogP contribution is 2.24. The van der Waals surface area contributed by atoms with Gasteiger partial charge in [0.25, 0.3) is 5.91 Å². The van der Waals surface area contributed by atoms with Crippen molar-refractivity contribution in [3.05, 3.63) is 82.9 Å². The molecule has 26 heavy (non-hydrogen) atoms. The molecule has 5 heteroatoms. The van der Waals surface area contributed by atoms with Gasteiger partial charge in [-0.3, -0.25) is 4.79 Å². The highest BCUT2D eigenvalue weighted by atomic mass is 16.5. The molecule has 0 bridgehead atoms. The number of rotatable bonds is 5. The lowest BCUT2D eigenvalue weighted by Gasteiger charge is -2.20. The summed E-state index contributed by atoms with van der Waals surface area (Å²) in [6, 6.07) is 13.0. The van der Waals surface area contributed by atoms with Gasteiger partial charge in [0.15, 0.2) is 0 Å². The maximum absolute atomic E-state index is 12.9. The van der Waals surface area contributed by atoms with Crippen LogP contribution in [0, 0.1) is 13.8 Å². The van der Waals surface area contributed by atoms with Crippen LogP contribution in [-0.4, -0.2) is 22.6 Å². The van der Waals surface area contributed by atoms with Crippen molar-refractivity contribution < 1.29 is 9.53 Å². The Morgan fingerprint density at radius 2 is 1.96 bits per heavy atom. The van der Waals surface area contributed by atoms with E-state index in [-0.39, 0.29) is 11.9 Å². The van der Waals surface area contributed by atoms with Crippen molar-refractivity contribution in [2.45, 2.75) is 19.9 Å². The molecule has 0 unspecified atom stereocenters. The summed E-state index contributed by atoms with van der Waals surface area (Å²) in [7, 11) is 3.54. The number of hydrogen-bond donors (Lipinski definition) is 1. The van der Waals surface area contributed by atoms with Gasteiger partial charge >= 0.3 is 0 Å². The number of aromatic nitrogens is 2. The standard InChI is InChI=1S/C21H23N3O2/c1-14-8-9-17(12-15(14)2)21(25)23-19(20-22-10-11-24(20)3)16-6-5-7-18(13-16)26-4/h5-13,19H,1-4H3,(H,23,25)/t19-/m1/s1. The number of hydrogen-bond acceptors (Lipinski definition) is 3. The van der Waals surface area contributed by atoms with E-state index in [4.69, 9.17) is 4.74 Å². The van der Waals surface area contributed by atoms with Gasteiger partial charge in [-0.05, 0) is 54.8 Å². The van der Waals surface area contributed by atoms with Crippen molar-refractivity contribution in [3.63, 3.8) is 0 Å². The number of carbonyl (C=O) groups is 1. The molecule has 0 aliphatic heterocycles. The normalized spacial score (nSPS) is 11.8. The van der Waals surface area contributed by atoms with Crippen LogP contribution in [0.2, 0.25) is 0 Å². The van der Waals surface area contributed by atoms with Gasteiger partial charge in [-0.25, -0.2) is 4.98 Å². The number of nitrogens with one attached hydrogen (secondary N) is 1. The van der Waals surface area contributed by atoms with E-state index in [1.807, 2.05) is 74.1 Å². The first-order chi connectivity index (χ1) is 12.5. The molecule has 3 aromatic rings. The van der Waals surface area contributed by atoms with Crippen molar-refractivity contribution in [2.24, 2.45) is 7.05 Å². The fourth-order valence-corrected chi connectivity index (χ4v) is 2.87. The van der Waals surface area contributed by atoms with Crippen LogP contribution in [0.1, 0.15) is 38.9 Å². The Hall–Kier alpha value is -3.08. The molecule has 0 fully saturated rings. The summed E-state index contributed by atoms with van der Waals surface area (Å²) in [4.78, 5) is 17.3. The first-order valence-electron chi connectivity index (χ1n) is 8.49. The molecule has 5 nitrogen and oxygen atoms in total. The Morgan fingerprint density at radius 1 is 1.15 bits per heavy atom. The number of methoxy groups -OCH3 is 1. The van der Waals surface area contributed by atoms with E-state index in [2.05, 4.69) is 10.3 Å². The first kappa shape index (κ1) is 17.7. The SMILES string of the molecule is COc1cccc([C@@H](NC(=O)c2ccc(C)c(C)c2)c2nccn2C)c1. The quantitative estimate of drug-likeness (QED) is 0.766. The van der Waals surface area contributed by atoms with Gasteiger partial charge in [-0.15, -0.1) is 0 Å². The summed E-state index contributed by atoms with van der Waals surface area (Å²) < 4.78 is 7.24. The monoisotopic (exact) mass is 349 g/mol. The smallest absolute Gasteiger partial charge is 0.252 e. The zero-order chi connectivity index (χ0) is 18.7. The van der Waals surface area contributed by atoms with Crippen LogP contribution in [0.15, 0.2) is 54.9 Å². The highest BCUT2D eigenvalue weighted by Gasteiger charge is 2.22. The lowest BCUT2D eigenvalue weighted by molar-refractivity contribution is 0.0941. The maximum atomic E-state index is 12.9. The Bertz CT molecular complexity index is 931. The molecule has 0 saturated heterocycles. The third kappa shape index (κ3) is 3.61. The lowest BCUT2D eigenvalue weighted by atomic mass is 10.0. The molecule has 0 aliphatic rings. The van der Waals surface area contributed by atoms with Gasteiger partial charge in [0.2, 0.25) is 0 Å². The average Bonchev–Trinajstić information content (AvgIpc) is 3.07. The lowest BCUT2D eigenvalue weighted by Crippen LogP contribution is -2.31. The average molecular weight is 349 g/mol. The molecule has 0 saturated carbocycles. The van der Waals surface area contributed by atoms with Crippen LogP contribution in [0.25, 0.3) is 0 Å². The predicted molar refractivity (Wildman–Crippen MR) is 101 cm³/mol. The number of ether oxygens (including phenoxy) is 1. The second-order valence-electron chi connectivity index (χ2n) is 6.38. The number of aryl methyl sites for hydroxylation is 3. The van der Waals surface area contributed by atoms with Crippen LogP contribution < -0.4 is 10.1 Å². The number of imidazole rings is 1. The van der Waals surface area contributed by atoms with Crippen molar-refractivity contribution in [2.75, 3.05) is 7.11 Å². The van der Waals surface area contributed by atoms with Crippen LogP contribution in [0.5, 0.6) is 5.75 Å². The van der Waals surface area contributed by atoms with Crippen molar-refractivity contribution >= 4 is 5.91 Å². The predicted octanol–water partition coefficient (Wildman–Crippen LogP) is 3.56. The fraction of sp³-hybridized carbons (Fsp3) is 0.238. The van der Waals surface area contributed by atoms with Gasteiger partial charge in [0.1, 0.15) is 17.6 Å². The van der Waals surface area contributed by atoms with E-state index in [0.29, 0.717) is 5.56 Å². The largest absolute Gasteiger partial charge is 0.497 e. The van der Waals surface area contributed by atoms with Crippen LogP contribution in [0.3, 0.4) is 0 Å². The van der Waals surface area contributed by atoms with Gasteiger partial charge in [0.05, 0.1) is 7.11 Å². The molecule has 1 heterocycles. The minimum atomic E-state index is -0.376. The van der Waals surface area contributed by atoms with Crippen LogP contribution in [-0.2, 0) is 7.05 Å². The minimum absolute atomic E-state index is 0.135. The maximum Gasteiger partial charge on any atom is 0.252 e. The molecule has 0 spiro atoms. The third-order valence-electron chi connectivity index (χ3n) is 4.59. The second kappa shape index (κ2) is 7.44. The second-order valence-corrected chi connectivity index (χ2v) is 6.38. The Morgan fingerprint density at radius 3 is 2.62 bits per heavy atom. The Balaban J connectivity index is 1.97. The van der Waals surface area contributed by atoms with Gasteiger partial charge < -0.3 is 14.6 Å². The summed E-state index contributed by atoms with van der Waals surface area (Å²) in [5, 5.41) is 3.11. The van der Waals surface area contributed by atoms with E-state index in [0.717, 1.165) is 28.3 Å². The summed E-state index contributed by atoms with van der Waals surface area (Å²) in [5.74, 6) is 1.36. The van der Waals surface area contributed by atoms with E-state index in [1.165, 1.54) is 0 Å². The topological polar surface area (TPSA) is 56.1 Å². The van der Waals surface area contributed by atoms with E-state index in [1.54, 1.807) is 13.3 Å². The number of benzene rings is 2. The summed E-state index contributed by atoms with van der Waals surface area (Å²) >= 11 is 0. The first-order valence-corrected chi connectivity index (χ1v) is 8.49. The molecule has 2 aromatic carbocycles. The van der Waals surface area contributed by atoms with Gasteiger partial charge in [0, 0.05) is 25.0 Å². The van der Waals surface area contributed by atoms with Crippen molar-refractivity contribution in [3.8, 4) is 5.75 Å². The highest BCUT2D eigenvalue weighted by molar-refractivity contribution is 5.95. The third-order valence-corrected chi connectivity index (χ3v) is 4.59. The number of nitrogens with zero attached hydrogens (tertiary/aromatic N) is 2. The summed E-state index contributed by atoms with van der Waals surface area (Å²) in [6.07, 6.45) is 3.59. The molecule has 1 atom stereocenters. The summed E-state index contributed by atoms with van der Waals surface area (Å²) in [5.41, 5.74) is 3.80. The zero-order valence-electron chi connectivity index (χ0n) is 15.5. The van der Waals surface area contributed by atoms with Gasteiger partial charge in [-0.2, -0.15) is 0 Å². The molecule has 1 N–H and O–H groups in total. The van der Waals surface area contributed by atoms with Crippen LogP contribution in [0.4, 0.5) is 0 Å². The summed E-state index contributed by atoms with van der Waals surface area (Å²) in [6.45, 7) is 4.04. The molecule has 1 aromatic heterocycles. The number of carbonyl (C=O) groups excluding carboxylic acids is 1. The van der Waals surface area contributed by atoms with Crippen molar-refractivity contribution in [1.82, 2.24) is 14.9 Å². The fourth-order valence-electron chi connectivity index (χ4n) is 2.87. The molecule has 1 amide bonds. The molecule has 134 valence electrons. The number of amides is 1. The molecule has 0 radical (unpaired) electrons. The Kier molecular flexibility index (Phi) is 5.07. The minimum Gasteiger partial charge on any atom is -0.497 e. The van der Waals surface area contributed by atoms with Crippen molar-refractivity contribution in [1.29, 1.82) is 0 Å². The molecule has 3 rings (SSSR count). The van der Waals surface area contributed by atoms with Crippen LogP contribution >= 0.6 is 0 Å². The zero-order valence-corrected chi connectivity index (χ0v) is 15.5. The van der Waals surface area contributed by atoms with E-state index < -0.39 is 0 Å². The molecular weight excluding hydrogens is 326 g/mol.